The molecule has 21 heavy (non-hydrogen) atoms. The Labute approximate surface area is 124 Å². The molecule has 108 valence electrons. The van der Waals surface area contributed by atoms with Crippen LogP contribution in [-0.2, 0) is 0 Å². The molecule has 0 aliphatic carbocycles. The summed E-state index contributed by atoms with van der Waals surface area (Å²) in [5.74, 6) is 2.37. The molecule has 1 aliphatic heterocycles. The molecule has 0 saturated heterocycles. The summed E-state index contributed by atoms with van der Waals surface area (Å²) in [6.45, 7) is 6.81. The Morgan fingerprint density at radius 1 is 1.19 bits per heavy atom. The second-order valence-corrected chi connectivity index (χ2v) is 4.80. The average Bonchev–Trinajstić information content (AvgIpc) is 2.97. The van der Waals surface area contributed by atoms with E-state index in [9.17, 15) is 0 Å². The molecule has 0 spiro atoms. The number of hydrogen-bond donors (Lipinski definition) is 0. The van der Waals surface area contributed by atoms with Crippen molar-refractivity contribution in [3.8, 4) is 17.2 Å². The van der Waals surface area contributed by atoms with E-state index < -0.39 is 0 Å². The van der Waals surface area contributed by atoms with Crippen molar-refractivity contribution >= 4 is 0 Å². The third-order valence-corrected chi connectivity index (χ3v) is 3.53. The normalized spacial score (nSPS) is 13.8. The predicted molar refractivity (Wildman–Crippen MR) is 82.2 cm³/mol. The highest BCUT2D eigenvalue weighted by atomic mass is 16.7. The van der Waals surface area contributed by atoms with Crippen LogP contribution in [0.2, 0.25) is 0 Å². The molecular weight excluding hydrogens is 264 g/mol. The molecule has 0 unspecified atom stereocenters. The molecule has 0 N–H and O–H groups in total. The fourth-order valence-electron chi connectivity index (χ4n) is 2.57. The minimum Gasteiger partial charge on any atom is -0.493 e. The van der Waals surface area contributed by atoms with Crippen LogP contribution in [0.4, 0.5) is 0 Å². The lowest BCUT2D eigenvalue weighted by atomic mass is 9.90. The highest BCUT2D eigenvalue weighted by Gasteiger charge is 2.22. The van der Waals surface area contributed by atoms with Gasteiger partial charge in [0.2, 0.25) is 6.79 Å². The van der Waals surface area contributed by atoms with Gasteiger partial charge in [-0.15, -0.1) is 6.58 Å². The van der Waals surface area contributed by atoms with Crippen LogP contribution in [0.25, 0.3) is 0 Å². The van der Waals surface area contributed by atoms with Crippen molar-refractivity contribution in [1.82, 2.24) is 0 Å². The van der Waals surface area contributed by atoms with Crippen LogP contribution in [0.5, 0.6) is 17.2 Å². The van der Waals surface area contributed by atoms with Gasteiger partial charge in [-0.05, 0) is 18.6 Å². The van der Waals surface area contributed by atoms with E-state index in [0.29, 0.717) is 6.61 Å². The molecule has 1 atom stereocenters. The quantitative estimate of drug-likeness (QED) is 0.772. The van der Waals surface area contributed by atoms with Gasteiger partial charge in [0.15, 0.2) is 11.5 Å². The number of rotatable bonds is 5. The Morgan fingerprint density at radius 3 is 2.57 bits per heavy atom. The van der Waals surface area contributed by atoms with Crippen LogP contribution >= 0.6 is 0 Å². The minimum absolute atomic E-state index is 0.0576. The number of fused-ring (bicyclic) bond motifs is 1. The Morgan fingerprint density at radius 2 is 1.90 bits per heavy atom. The molecule has 0 saturated carbocycles. The summed E-state index contributed by atoms with van der Waals surface area (Å²) in [4.78, 5) is 0. The van der Waals surface area contributed by atoms with E-state index in [4.69, 9.17) is 14.2 Å². The van der Waals surface area contributed by atoms with E-state index in [0.717, 1.165) is 22.8 Å². The third kappa shape index (κ3) is 2.59. The topological polar surface area (TPSA) is 27.7 Å². The number of allylic oxidation sites excluding steroid dienone is 1. The minimum atomic E-state index is 0.0576. The van der Waals surface area contributed by atoms with Crippen LogP contribution in [0.15, 0.2) is 55.1 Å². The standard InChI is InChI=1S/C18H18O3/c1-3-14(13-8-6-5-7-9-13)15-10-17-18(21-12-20-17)11-16(15)19-4-2/h3,5-11,14H,1,4,12H2,2H3/t14-/m0/s1. The largest absolute Gasteiger partial charge is 0.493 e. The van der Waals surface area contributed by atoms with Crippen molar-refractivity contribution in [1.29, 1.82) is 0 Å². The first kappa shape index (κ1) is 13.6. The lowest BCUT2D eigenvalue weighted by Gasteiger charge is -2.18. The summed E-state index contributed by atoms with van der Waals surface area (Å²) < 4.78 is 16.7. The summed E-state index contributed by atoms with van der Waals surface area (Å²) in [5.41, 5.74) is 2.22. The van der Waals surface area contributed by atoms with Gasteiger partial charge in [0.25, 0.3) is 0 Å². The molecule has 2 aromatic carbocycles. The Kier molecular flexibility index (Phi) is 3.82. The molecule has 3 nitrogen and oxygen atoms in total. The van der Waals surface area contributed by atoms with E-state index in [2.05, 4.69) is 18.7 Å². The maximum atomic E-state index is 5.78. The first-order valence-corrected chi connectivity index (χ1v) is 7.07. The van der Waals surface area contributed by atoms with Gasteiger partial charge in [-0.2, -0.15) is 0 Å². The fourth-order valence-corrected chi connectivity index (χ4v) is 2.57. The van der Waals surface area contributed by atoms with Gasteiger partial charge in [-0.25, -0.2) is 0 Å². The number of ether oxygens (including phenoxy) is 3. The Hall–Kier alpha value is -2.42. The average molecular weight is 282 g/mol. The summed E-state index contributed by atoms with van der Waals surface area (Å²) in [6.07, 6.45) is 1.93. The van der Waals surface area contributed by atoms with Crippen molar-refractivity contribution in [2.75, 3.05) is 13.4 Å². The maximum Gasteiger partial charge on any atom is 0.231 e. The highest BCUT2D eigenvalue weighted by Crippen LogP contribution is 2.42. The van der Waals surface area contributed by atoms with Gasteiger partial charge in [0.05, 0.1) is 6.61 Å². The zero-order chi connectivity index (χ0) is 14.7. The van der Waals surface area contributed by atoms with Gasteiger partial charge >= 0.3 is 0 Å². The molecule has 0 radical (unpaired) electrons. The Balaban J connectivity index is 2.08. The van der Waals surface area contributed by atoms with Gasteiger partial charge in [-0.1, -0.05) is 36.4 Å². The van der Waals surface area contributed by atoms with E-state index >= 15 is 0 Å². The molecular formula is C18H18O3. The first-order valence-electron chi connectivity index (χ1n) is 7.07. The predicted octanol–water partition coefficient (Wildman–Crippen LogP) is 4.13. The molecule has 3 heteroatoms. The summed E-state index contributed by atoms with van der Waals surface area (Å²) in [5, 5.41) is 0. The molecule has 0 bridgehead atoms. The number of benzene rings is 2. The monoisotopic (exact) mass is 282 g/mol. The molecule has 1 heterocycles. The number of hydrogen-bond acceptors (Lipinski definition) is 3. The SMILES string of the molecule is C=C[C@@H](c1ccccc1)c1cc2c(cc1OCC)OCO2. The lowest BCUT2D eigenvalue weighted by molar-refractivity contribution is 0.173. The van der Waals surface area contributed by atoms with Crippen molar-refractivity contribution in [3.05, 3.63) is 66.2 Å². The van der Waals surface area contributed by atoms with Crippen molar-refractivity contribution < 1.29 is 14.2 Å². The fraction of sp³-hybridized carbons (Fsp3) is 0.222. The zero-order valence-corrected chi connectivity index (χ0v) is 12.0. The molecule has 3 rings (SSSR count). The van der Waals surface area contributed by atoms with Crippen LogP contribution in [0, 0.1) is 0 Å². The van der Waals surface area contributed by atoms with Crippen molar-refractivity contribution in [2.24, 2.45) is 0 Å². The van der Waals surface area contributed by atoms with Crippen LogP contribution in [-0.4, -0.2) is 13.4 Å². The maximum absolute atomic E-state index is 5.78. The Bertz CT molecular complexity index is 634. The molecule has 2 aromatic rings. The van der Waals surface area contributed by atoms with E-state index in [1.807, 2.05) is 43.3 Å². The van der Waals surface area contributed by atoms with Gasteiger partial charge in [0.1, 0.15) is 5.75 Å². The summed E-state index contributed by atoms with van der Waals surface area (Å²) in [6, 6.07) is 14.1. The van der Waals surface area contributed by atoms with E-state index in [1.54, 1.807) is 0 Å². The van der Waals surface area contributed by atoms with Crippen LogP contribution in [0.3, 0.4) is 0 Å². The van der Waals surface area contributed by atoms with Crippen molar-refractivity contribution in [2.45, 2.75) is 12.8 Å². The van der Waals surface area contributed by atoms with Gasteiger partial charge in [0, 0.05) is 17.5 Å². The van der Waals surface area contributed by atoms with Crippen LogP contribution < -0.4 is 14.2 Å². The molecule has 0 aromatic heterocycles. The van der Waals surface area contributed by atoms with E-state index in [1.165, 1.54) is 5.56 Å². The lowest BCUT2D eigenvalue weighted by Crippen LogP contribution is -2.03. The smallest absolute Gasteiger partial charge is 0.231 e. The van der Waals surface area contributed by atoms with Gasteiger partial charge in [-0.3, -0.25) is 0 Å². The summed E-state index contributed by atoms with van der Waals surface area (Å²) >= 11 is 0. The second-order valence-electron chi connectivity index (χ2n) is 4.80. The first-order chi connectivity index (χ1) is 10.3. The summed E-state index contributed by atoms with van der Waals surface area (Å²) in [7, 11) is 0. The van der Waals surface area contributed by atoms with Gasteiger partial charge < -0.3 is 14.2 Å². The van der Waals surface area contributed by atoms with E-state index in [-0.39, 0.29) is 12.7 Å². The molecule has 0 fully saturated rings. The molecule has 1 aliphatic rings. The third-order valence-electron chi connectivity index (χ3n) is 3.53. The highest BCUT2D eigenvalue weighted by molar-refractivity contribution is 5.55. The van der Waals surface area contributed by atoms with Crippen LogP contribution in [0.1, 0.15) is 24.0 Å². The second kappa shape index (κ2) is 5.92. The van der Waals surface area contributed by atoms with Crippen molar-refractivity contribution in [3.63, 3.8) is 0 Å². The zero-order valence-electron chi connectivity index (χ0n) is 12.0. The molecule has 0 amide bonds.